The second-order valence-corrected chi connectivity index (χ2v) is 12.2. The molecule has 5 rings (SSSR count). The number of carbonyl (C=O) groups is 1. The van der Waals surface area contributed by atoms with Crippen molar-refractivity contribution in [3.05, 3.63) is 36.0 Å². The maximum absolute atomic E-state index is 14.7. The predicted octanol–water partition coefficient (Wildman–Crippen LogP) is 4.95. The van der Waals surface area contributed by atoms with Gasteiger partial charge < -0.3 is 25.5 Å². The maximum atomic E-state index is 14.7. The largest absolute Gasteiger partial charge is 0.396 e. The lowest BCUT2D eigenvalue weighted by Gasteiger charge is -2.33. The zero-order valence-corrected chi connectivity index (χ0v) is 25.4. The van der Waals surface area contributed by atoms with E-state index in [0.29, 0.717) is 42.1 Å². The molecular formula is C31H44F2N8O2. The molecule has 234 valence electrons. The van der Waals surface area contributed by atoms with Crippen molar-refractivity contribution < 1.29 is 18.7 Å². The van der Waals surface area contributed by atoms with Crippen LogP contribution >= 0.6 is 0 Å². The predicted molar refractivity (Wildman–Crippen MR) is 163 cm³/mol. The van der Waals surface area contributed by atoms with E-state index in [9.17, 15) is 18.7 Å². The van der Waals surface area contributed by atoms with Gasteiger partial charge in [0.25, 0.3) is 0 Å². The van der Waals surface area contributed by atoms with Crippen LogP contribution in [0.4, 0.5) is 26.4 Å². The molecule has 0 radical (unpaired) electrons. The number of rotatable bonds is 11. The zero-order valence-electron chi connectivity index (χ0n) is 25.4. The molecular weight excluding hydrogens is 554 g/mol. The number of anilines is 3. The van der Waals surface area contributed by atoms with Crippen LogP contribution in [0.2, 0.25) is 0 Å². The summed E-state index contributed by atoms with van der Waals surface area (Å²) in [7, 11) is 4.02. The fraction of sp³-hybridized carbons (Fsp3) is 0.613. The Kier molecular flexibility index (Phi) is 10.1. The molecule has 2 aromatic heterocycles. The molecule has 2 aliphatic rings. The van der Waals surface area contributed by atoms with Crippen molar-refractivity contribution in [3.63, 3.8) is 0 Å². The SMILES string of the molecule is CCN(CCN(C)C)C(=O)C1CCC(n2c(Nc3ccc(F)cc3F)nc3cnc(NC4CCC(CO)CC4)nc32)CC1. The molecule has 0 bridgehead atoms. The first-order valence-corrected chi connectivity index (χ1v) is 15.5. The molecule has 0 atom stereocenters. The second-order valence-electron chi connectivity index (χ2n) is 12.2. The maximum Gasteiger partial charge on any atom is 0.225 e. The molecule has 3 aromatic rings. The van der Waals surface area contributed by atoms with Crippen LogP contribution in [0.5, 0.6) is 0 Å². The van der Waals surface area contributed by atoms with Crippen LogP contribution in [-0.4, -0.2) is 86.7 Å². The van der Waals surface area contributed by atoms with Crippen molar-refractivity contribution in [2.75, 3.05) is 51.0 Å². The van der Waals surface area contributed by atoms with Crippen molar-refractivity contribution in [1.29, 1.82) is 0 Å². The molecule has 0 unspecified atom stereocenters. The summed E-state index contributed by atoms with van der Waals surface area (Å²) >= 11 is 0. The van der Waals surface area contributed by atoms with E-state index in [-0.39, 0.29) is 36.2 Å². The second kappa shape index (κ2) is 13.9. The Morgan fingerprint density at radius 3 is 2.44 bits per heavy atom. The van der Waals surface area contributed by atoms with Gasteiger partial charge in [0.05, 0.1) is 11.9 Å². The standard InChI is InChI=1S/C31H44F2N8O2/c1-4-40(16-15-39(2)3)29(43)21-7-12-24(13-8-21)41-28-27(37-31(41)36-26-14-9-22(32)17-25(26)33)18-34-30(38-28)35-23-10-5-20(19-42)6-11-23/h9,14,17-18,20-21,23-24,42H,4-8,10-13,15-16,19H2,1-3H3,(H,36,37)(H,34,35,38). The molecule has 2 aliphatic carbocycles. The van der Waals surface area contributed by atoms with Gasteiger partial charge in [0.2, 0.25) is 17.8 Å². The number of benzene rings is 1. The Labute approximate surface area is 251 Å². The molecule has 43 heavy (non-hydrogen) atoms. The molecule has 1 aromatic carbocycles. The third kappa shape index (κ3) is 7.41. The van der Waals surface area contributed by atoms with Gasteiger partial charge in [0.1, 0.15) is 17.2 Å². The third-order valence-electron chi connectivity index (χ3n) is 8.97. The fourth-order valence-corrected chi connectivity index (χ4v) is 6.36. The van der Waals surface area contributed by atoms with Gasteiger partial charge in [-0.25, -0.2) is 18.7 Å². The number of amides is 1. The van der Waals surface area contributed by atoms with Crippen molar-refractivity contribution in [3.8, 4) is 0 Å². The summed E-state index contributed by atoms with van der Waals surface area (Å²) in [5, 5.41) is 16.0. The molecule has 2 saturated carbocycles. The summed E-state index contributed by atoms with van der Waals surface area (Å²) in [6.07, 6.45) is 8.40. The first kappa shape index (κ1) is 31.1. The van der Waals surface area contributed by atoms with Crippen LogP contribution in [-0.2, 0) is 4.79 Å². The van der Waals surface area contributed by atoms with E-state index >= 15 is 0 Å². The molecule has 0 spiro atoms. The monoisotopic (exact) mass is 598 g/mol. The smallest absolute Gasteiger partial charge is 0.225 e. The normalized spacial score (nSPS) is 22.6. The van der Waals surface area contributed by atoms with Crippen LogP contribution in [0.15, 0.2) is 24.4 Å². The Morgan fingerprint density at radius 2 is 1.79 bits per heavy atom. The minimum atomic E-state index is -0.711. The summed E-state index contributed by atoms with van der Waals surface area (Å²) in [4.78, 5) is 31.5. The zero-order chi connectivity index (χ0) is 30.5. The van der Waals surface area contributed by atoms with E-state index in [1.165, 1.54) is 12.1 Å². The quantitative estimate of drug-likeness (QED) is 0.284. The molecule has 2 fully saturated rings. The van der Waals surface area contributed by atoms with Gasteiger partial charge in [-0.15, -0.1) is 0 Å². The van der Waals surface area contributed by atoms with Crippen molar-refractivity contribution in [1.82, 2.24) is 29.3 Å². The summed E-state index contributed by atoms with van der Waals surface area (Å²) in [6.45, 7) is 4.46. The number of imidazole rings is 1. The Morgan fingerprint density at radius 1 is 1.05 bits per heavy atom. The Bertz CT molecular complexity index is 1380. The fourth-order valence-electron chi connectivity index (χ4n) is 6.36. The minimum absolute atomic E-state index is 0.0142. The van der Waals surface area contributed by atoms with E-state index < -0.39 is 11.6 Å². The van der Waals surface area contributed by atoms with Crippen LogP contribution in [0.1, 0.15) is 64.3 Å². The summed E-state index contributed by atoms with van der Waals surface area (Å²) < 4.78 is 30.3. The summed E-state index contributed by atoms with van der Waals surface area (Å²) in [6, 6.07) is 3.61. The highest BCUT2D eigenvalue weighted by Crippen LogP contribution is 2.38. The number of likely N-dealkylation sites (N-methyl/N-ethyl adjacent to an activating group) is 2. The number of halogens is 2. The molecule has 0 saturated heterocycles. The molecule has 1 amide bonds. The third-order valence-corrected chi connectivity index (χ3v) is 8.97. The molecule has 0 aliphatic heterocycles. The number of nitrogens with one attached hydrogen (secondary N) is 2. The van der Waals surface area contributed by atoms with E-state index in [4.69, 9.17) is 9.97 Å². The number of aliphatic hydroxyl groups excluding tert-OH is 1. The van der Waals surface area contributed by atoms with Crippen LogP contribution in [0.25, 0.3) is 11.2 Å². The average molecular weight is 599 g/mol. The highest BCUT2D eigenvalue weighted by atomic mass is 19.1. The number of hydrogen-bond acceptors (Lipinski definition) is 8. The van der Waals surface area contributed by atoms with Gasteiger partial charge in [-0.1, -0.05) is 0 Å². The van der Waals surface area contributed by atoms with Crippen molar-refractivity contribution >= 4 is 34.7 Å². The topological polar surface area (TPSA) is 111 Å². The highest BCUT2D eigenvalue weighted by Gasteiger charge is 2.32. The number of nitrogens with zero attached hydrogens (tertiary/aromatic N) is 6. The molecule has 3 N–H and O–H groups in total. The van der Waals surface area contributed by atoms with E-state index in [1.54, 1.807) is 6.20 Å². The number of aliphatic hydroxyl groups is 1. The van der Waals surface area contributed by atoms with Gasteiger partial charge >= 0.3 is 0 Å². The lowest BCUT2D eigenvalue weighted by Crippen LogP contribution is -2.41. The Balaban J connectivity index is 1.39. The summed E-state index contributed by atoms with van der Waals surface area (Å²) in [5.74, 6) is 0.0610. The van der Waals surface area contributed by atoms with Gasteiger partial charge in [0, 0.05) is 50.3 Å². The average Bonchev–Trinajstić information content (AvgIpc) is 3.36. The van der Waals surface area contributed by atoms with Gasteiger partial charge in [0.15, 0.2) is 5.65 Å². The minimum Gasteiger partial charge on any atom is -0.396 e. The van der Waals surface area contributed by atoms with Gasteiger partial charge in [-0.3, -0.25) is 9.36 Å². The molecule has 10 nitrogen and oxygen atoms in total. The van der Waals surface area contributed by atoms with Crippen molar-refractivity contribution in [2.24, 2.45) is 11.8 Å². The Hall–Kier alpha value is -3.38. The molecule has 12 heteroatoms. The lowest BCUT2D eigenvalue weighted by molar-refractivity contribution is -0.136. The molecule has 2 heterocycles. The van der Waals surface area contributed by atoms with E-state index in [0.717, 1.165) is 64.0 Å². The first-order chi connectivity index (χ1) is 20.7. The summed E-state index contributed by atoms with van der Waals surface area (Å²) in [5.41, 5.74) is 1.31. The van der Waals surface area contributed by atoms with E-state index in [2.05, 4.69) is 20.5 Å². The first-order valence-electron chi connectivity index (χ1n) is 15.5. The number of aromatic nitrogens is 4. The van der Waals surface area contributed by atoms with Gasteiger partial charge in [-0.05, 0) is 90.4 Å². The number of carbonyl (C=O) groups excluding carboxylic acids is 1. The highest BCUT2D eigenvalue weighted by molar-refractivity contribution is 5.79. The number of hydrogen-bond donors (Lipinski definition) is 3. The van der Waals surface area contributed by atoms with E-state index in [1.807, 2.05) is 30.5 Å². The van der Waals surface area contributed by atoms with Crippen molar-refractivity contribution in [2.45, 2.75) is 70.4 Å². The van der Waals surface area contributed by atoms with Crippen LogP contribution in [0, 0.1) is 23.5 Å². The van der Waals surface area contributed by atoms with Crippen LogP contribution < -0.4 is 10.6 Å². The number of fused-ring (bicyclic) bond motifs is 1. The van der Waals surface area contributed by atoms with Gasteiger partial charge in [-0.2, -0.15) is 4.98 Å². The lowest BCUT2D eigenvalue weighted by atomic mass is 9.85. The van der Waals surface area contributed by atoms with Crippen LogP contribution in [0.3, 0.4) is 0 Å².